The van der Waals surface area contributed by atoms with Gasteiger partial charge in [-0.1, -0.05) is 23.7 Å². The van der Waals surface area contributed by atoms with Crippen LogP contribution in [0.15, 0.2) is 48.8 Å². The van der Waals surface area contributed by atoms with Crippen LogP contribution in [0.1, 0.15) is 34.7 Å². The zero-order valence-electron chi connectivity index (χ0n) is 13.8. The molecule has 0 radical (unpaired) electrons. The van der Waals surface area contributed by atoms with Gasteiger partial charge in [-0.3, -0.25) is 9.48 Å². The van der Waals surface area contributed by atoms with Crippen molar-refractivity contribution in [3.8, 4) is 5.69 Å². The van der Waals surface area contributed by atoms with Crippen LogP contribution in [0.2, 0.25) is 5.02 Å². The van der Waals surface area contributed by atoms with E-state index in [1.165, 1.54) is 4.68 Å². The molecule has 0 aliphatic heterocycles. The fraction of sp³-hybridized carbons (Fsp3) is 0.222. The first kappa shape index (κ1) is 16.3. The fourth-order valence-corrected chi connectivity index (χ4v) is 2.91. The molecule has 1 aromatic carbocycles. The van der Waals surface area contributed by atoms with Crippen LogP contribution >= 0.6 is 11.6 Å². The summed E-state index contributed by atoms with van der Waals surface area (Å²) in [5, 5.41) is 7.54. The second-order valence-electron chi connectivity index (χ2n) is 5.75. The third-order valence-corrected chi connectivity index (χ3v) is 4.46. The average molecular weight is 343 g/mol. The summed E-state index contributed by atoms with van der Waals surface area (Å²) in [5.74, 6) is -0.231. The molecule has 1 unspecified atom stereocenters. The van der Waals surface area contributed by atoms with Gasteiger partial charge in [-0.25, -0.2) is 0 Å². The van der Waals surface area contributed by atoms with E-state index < -0.39 is 0 Å². The molecular weight excluding hydrogens is 324 g/mol. The van der Waals surface area contributed by atoms with Crippen molar-refractivity contribution in [2.45, 2.75) is 19.9 Å². The predicted octanol–water partition coefficient (Wildman–Crippen LogP) is 3.66. The van der Waals surface area contributed by atoms with Crippen molar-refractivity contribution in [2.24, 2.45) is 7.05 Å². The van der Waals surface area contributed by atoms with Crippen molar-refractivity contribution >= 4 is 17.5 Å². The second-order valence-corrected chi connectivity index (χ2v) is 6.13. The maximum Gasteiger partial charge on any atom is 0.271 e. The normalized spacial score (nSPS) is 12.2. The number of aryl methyl sites for hydroxylation is 2. The number of amides is 1. The van der Waals surface area contributed by atoms with Crippen molar-refractivity contribution in [3.63, 3.8) is 0 Å². The molecule has 3 rings (SSSR count). The molecule has 2 aromatic heterocycles. The van der Waals surface area contributed by atoms with Gasteiger partial charge in [0, 0.05) is 25.1 Å². The minimum absolute atomic E-state index is 0.137. The highest BCUT2D eigenvalue weighted by Gasteiger charge is 2.20. The van der Waals surface area contributed by atoms with E-state index in [2.05, 4.69) is 10.4 Å². The highest BCUT2D eigenvalue weighted by atomic mass is 35.5. The first-order valence-corrected chi connectivity index (χ1v) is 8.08. The standard InChI is InChI=1S/C18H19ClN4O/c1-12(20-18(24)17-16(19)13(2)21-22(17)3)14-6-8-15(9-7-14)23-10-4-5-11-23/h4-12H,1-3H3,(H,20,24). The topological polar surface area (TPSA) is 51.9 Å². The van der Waals surface area contributed by atoms with Crippen LogP contribution in [0, 0.1) is 6.92 Å². The Morgan fingerprint density at radius 3 is 2.38 bits per heavy atom. The van der Waals surface area contributed by atoms with Crippen LogP contribution in [-0.4, -0.2) is 20.3 Å². The first-order valence-electron chi connectivity index (χ1n) is 7.70. The van der Waals surface area contributed by atoms with E-state index in [0.29, 0.717) is 16.4 Å². The number of nitrogens with zero attached hydrogens (tertiary/aromatic N) is 3. The van der Waals surface area contributed by atoms with Crippen LogP contribution < -0.4 is 5.32 Å². The van der Waals surface area contributed by atoms with Gasteiger partial charge in [-0.05, 0) is 43.7 Å². The number of hydrogen-bond acceptors (Lipinski definition) is 2. The third kappa shape index (κ3) is 3.08. The van der Waals surface area contributed by atoms with Gasteiger partial charge >= 0.3 is 0 Å². The third-order valence-electron chi connectivity index (χ3n) is 4.01. The lowest BCUT2D eigenvalue weighted by Gasteiger charge is -2.15. The van der Waals surface area contributed by atoms with E-state index in [9.17, 15) is 4.79 Å². The Morgan fingerprint density at radius 2 is 1.83 bits per heavy atom. The molecule has 0 aliphatic rings. The number of hydrogen-bond donors (Lipinski definition) is 1. The van der Waals surface area contributed by atoms with Crippen molar-refractivity contribution in [3.05, 3.63) is 70.8 Å². The zero-order chi connectivity index (χ0) is 17.3. The summed E-state index contributed by atoms with van der Waals surface area (Å²) < 4.78 is 3.54. The molecule has 124 valence electrons. The number of rotatable bonds is 4. The summed E-state index contributed by atoms with van der Waals surface area (Å²) >= 11 is 6.17. The molecule has 5 nitrogen and oxygen atoms in total. The molecule has 0 fully saturated rings. The number of nitrogens with one attached hydrogen (secondary N) is 1. The molecule has 24 heavy (non-hydrogen) atoms. The molecule has 0 aliphatic carbocycles. The Morgan fingerprint density at radius 1 is 1.21 bits per heavy atom. The van der Waals surface area contributed by atoms with Gasteiger partial charge in [0.15, 0.2) is 0 Å². The number of carbonyl (C=O) groups is 1. The summed E-state index contributed by atoms with van der Waals surface area (Å²) in [7, 11) is 1.71. The van der Waals surface area contributed by atoms with Gasteiger partial charge in [0.05, 0.1) is 16.8 Å². The Kier molecular flexibility index (Phi) is 4.44. The van der Waals surface area contributed by atoms with Crippen molar-refractivity contribution in [1.82, 2.24) is 19.7 Å². The minimum Gasteiger partial charge on any atom is -0.344 e. The van der Waals surface area contributed by atoms with Crippen molar-refractivity contribution in [1.29, 1.82) is 0 Å². The van der Waals surface area contributed by atoms with Gasteiger partial charge in [0.1, 0.15) is 5.69 Å². The molecule has 2 heterocycles. The number of carbonyl (C=O) groups excluding carboxylic acids is 1. The van der Waals surface area contributed by atoms with Gasteiger partial charge in [0.25, 0.3) is 5.91 Å². The largest absolute Gasteiger partial charge is 0.344 e. The lowest BCUT2D eigenvalue weighted by Crippen LogP contribution is -2.28. The summed E-state index contributed by atoms with van der Waals surface area (Å²) in [6, 6.07) is 11.9. The molecule has 0 saturated carbocycles. The highest BCUT2D eigenvalue weighted by Crippen LogP contribution is 2.21. The number of benzene rings is 1. The summed E-state index contributed by atoms with van der Waals surface area (Å²) in [5.41, 5.74) is 3.12. The Hall–Kier alpha value is -2.53. The fourth-order valence-electron chi connectivity index (χ4n) is 2.67. The van der Waals surface area contributed by atoms with E-state index in [1.54, 1.807) is 14.0 Å². The monoisotopic (exact) mass is 342 g/mol. The van der Waals surface area contributed by atoms with Crippen LogP contribution in [-0.2, 0) is 7.05 Å². The predicted molar refractivity (Wildman–Crippen MR) is 94.6 cm³/mol. The first-order chi connectivity index (χ1) is 11.5. The molecule has 0 bridgehead atoms. The zero-order valence-corrected chi connectivity index (χ0v) is 14.6. The second kappa shape index (κ2) is 6.53. The molecule has 1 amide bonds. The lowest BCUT2D eigenvalue weighted by molar-refractivity contribution is 0.0930. The minimum atomic E-state index is -0.231. The van der Waals surface area contributed by atoms with Gasteiger partial charge in [-0.2, -0.15) is 5.10 Å². The Bertz CT molecular complexity index is 850. The smallest absolute Gasteiger partial charge is 0.271 e. The van der Waals surface area contributed by atoms with Crippen LogP contribution in [0.3, 0.4) is 0 Å². The van der Waals surface area contributed by atoms with Crippen LogP contribution in [0.25, 0.3) is 5.69 Å². The van der Waals surface area contributed by atoms with Crippen LogP contribution in [0.5, 0.6) is 0 Å². The molecule has 0 spiro atoms. The van der Waals surface area contributed by atoms with E-state index in [0.717, 1.165) is 11.3 Å². The van der Waals surface area contributed by atoms with E-state index in [4.69, 9.17) is 11.6 Å². The Balaban J connectivity index is 1.75. The highest BCUT2D eigenvalue weighted by molar-refractivity contribution is 6.34. The molecule has 1 atom stereocenters. The maximum absolute atomic E-state index is 12.5. The number of halogens is 1. The molecule has 6 heteroatoms. The quantitative estimate of drug-likeness (QED) is 0.786. The van der Waals surface area contributed by atoms with Crippen LogP contribution in [0.4, 0.5) is 0 Å². The van der Waals surface area contributed by atoms with Gasteiger partial charge in [0.2, 0.25) is 0 Å². The van der Waals surface area contributed by atoms with Crippen molar-refractivity contribution in [2.75, 3.05) is 0 Å². The summed E-state index contributed by atoms with van der Waals surface area (Å²) in [6.07, 6.45) is 3.99. The van der Waals surface area contributed by atoms with E-state index in [-0.39, 0.29) is 11.9 Å². The average Bonchev–Trinajstić information content (AvgIpc) is 3.16. The summed E-state index contributed by atoms with van der Waals surface area (Å²) in [6.45, 7) is 3.72. The maximum atomic E-state index is 12.5. The van der Waals surface area contributed by atoms with Gasteiger partial charge < -0.3 is 9.88 Å². The SMILES string of the molecule is Cc1nn(C)c(C(=O)NC(C)c2ccc(-n3cccc3)cc2)c1Cl. The Labute approximate surface area is 145 Å². The number of aromatic nitrogens is 3. The molecule has 3 aromatic rings. The molecule has 0 saturated heterocycles. The lowest BCUT2D eigenvalue weighted by atomic mass is 10.1. The van der Waals surface area contributed by atoms with E-state index >= 15 is 0 Å². The summed E-state index contributed by atoms with van der Waals surface area (Å²) in [4.78, 5) is 12.5. The molecular formula is C18H19ClN4O. The van der Waals surface area contributed by atoms with Gasteiger partial charge in [-0.15, -0.1) is 0 Å². The molecule has 1 N–H and O–H groups in total. The van der Waals surface area contributed by atoms with Crippen molar-refractivity contribution < 1.29 is 4.79 Å². The van der Waals surface area contributed by atoms with E-state index in [1.807, 2.05) is 60.3 Å².